The summed E-state index contributed by atoms with van der Waals surface area (Å²) in [5.41, 5.74) is 0.860. The van der Waals surface area contributed by atoms with E-state index in [9.17, 15) is 14.4 Å². The van der Waals surface area contributed by atoms with Gasteiger partial charge in [-0.2, -0.15) is 5.10 Å². The number of hydrogen-bond acceptors (Lipinski definition) is 4. The molecule has 1 aliphatic heterocycles. The van der Waals surface area contributed by atoms with Crippen molar-refractivity contribution in [3.8, 4) is 0 Å². The fourth-order valence-corrected chi connectivity index (χ4v) is 2.30. The number of amides is 2. The van der Waals surface area contributed by atoms with Crippen molar-refractivity contribution in [2.75, 3.05) is 13.1 Å². The molecule has 0 spiro atoms. The molecule has 2 rings (SSSR count). The Morgan fingerprint density at radius 3 is 2.65 bits per heavy atom. The molecule has 20 heavy (non-hydrogen) atoms. The van der Waals surface area contributed by atoms with Gasteiger partial charge in [0.05, 0.1) is 5.69 Å². The van der Waals surface area contributed by atoms with E-state index in [4.69, 9.17) is 0 Å². The number of hydrogen-bond donors (Lipinski definition) is 1. The third-order valence-corrected chi connectivity index (χ3v) is 3.70. The van der Waals surface area contributed by atoms with Crippen LogP contribution in [-0.4, -0.2) is 45.6 Å². The molecule has 1 fully saturated rings. The highest BCUT2D eigenvalue weighted by atomic mass is 16.2. The van der Waals surface area contributed by atoms with Crippen LogP contribution >= 0.6 is 0 Å². The smallest absolute Gasteiger partial charge is 0.279 e. The normalized spacial score (nSPS) is 18.9. The Morgan fingerprint density at radius 2 is 2.00 bits per heavy atom. The van der Waals surface area contributed by atoms with Crippen molar-refractivity contribution in [1.82, 2.24) is 20.0 Å². The summed E-state index contributed by atoms with van der Waals surface area (Å²) < 4.78 is 1.16. The molecule has 1 unspecified atom stereocenters. The molecular formula is C13H18N4O3. The van der Waals surface area contributed by atoms with Crippen molar-refractivity contribution in [2.24, 2.45) is 7.05 Å². The Hall–Kier alpha value is -2.18. The van der Waals surface area contributed by atoms with Crippen LogP contribution in [0, 0.1) is 13.8 Å². The molecule has 108 valence electrons. The van der Waals surface area contributed by atoms with Crippen molar-refractivity contribution in [2.45, 2.75) is 26.8 Å². The first-order valence-electron chi connectivity index (χ1n) is 6.47. The molecule has 0 aromatic carbocycles. The van der Waals surface area contributed by atoms with E-state index in [0.29, 0.717) is 24.3 Å². The highest BCUT2D eigenvalue weighted by Crippen LogP contribution is 2.13. The van der Waals surface area contributed by atoms with Crippen LogP contribution in [0.15, 0.2) is 4.79 Å². The van der Waals surface area contributed by atoms with Gasteiger partial charge in [-0.1, -0.05) is 0 Å². The second-order valence-electron chi connectivity index (χ2n) is 4.98. The summed E-state index contributed by atoms with van der Waals surface area (Å²) in [7, 11) is 1.51. The molecule has 2 heterocycles. The van der Waals surface area contributed by atoms with E-state index in [2.05, 4.69) is 10.4 Å². The van der Waals surface area contributed by atoms with E-state index in [1.165, 1.54) is 11.9 Å². The Labute approximate surface area is 116 Å². The molecule has 1 atom stereocenters. The molecule has 1 aliphatic rings. The van der Waals surface area contributed by atoms with Crippen LogP contribution in [0.25, 0.3) is 0 Å². The molecule has 0 bridgehead atoms. The third-order valence-electron chi connectivity index (χ3n) is 3.70. The van der Waals surface area contributed by atoms with Crippen LogP contribution in [0.3, 0.4) is 0 Å². The summed E-state index contributed by atoms with van der Waals surface area (Å²) in [6.07, 6.45) is 0. The van der Waals surface area contributed by atoms with Gasteiger partial charge >= 0.3 is 0 Å². The third kappa shape index (κ3) is 2.19. The van der Waals surface area contributed by atoms with E-state index in [1.807, 2.05) is 0 Å². The Bertz CT molecular complexity index is 635. The van der Waals surface area contributed by atoms with Gasteiger partial charge in [0.1, 0.15) is 11.6 Å². The minimum atomic E-state index is -0.575. The molecule has 1 saturated heterocycles. The number of aryl methyl sites for hydroxylation is 2. The molecule has 2 amide bonds. The zero-order chi connectivity index (χ0) is 15.0. The molecule has 7 nitrogen and oxygen atoms in total. The first-order chi connectivity index (χ1) is 9.34. The van der Waals surface area contributed by atoms with Crippen molar-refractivity contribution < 1.29 is 9.59 Å². The monoisotopic (exact) mass is 278 g/mol. The average Bonchev–Trinajstić information content (AvgIpc) is 2.40. The number of nitrogens with one attached hydrogen (secondary N) is 1. The van der Waals surface area contributed by atoms with Gasteiger partial charge in [0.15, 0.2) is 0 Å². The summed E-state index contributed by atoms with van der Waals surface area (Å²) in [5, 5.41) is 6.74. The van der Waals surface area contributed by atoms with Crippen LogP contribution < -0.4 is 10.9 Å². The minimum Gasteiger partial charge on any atom is -0.353 e. The van der Waals surface area contributed by atoms with Crippen LogP contribution in [-0.2, 0) is 11.8 Å². The predicted molar refractivity (Wildman–Crippen MR) is 72.5 cm³/mol. The lowest BCUT2D eigenvalue weighted by Gasteiger charge is -2.33. The molecule has 1 aromatic rings. The highest BCUT2D eigenvalue weighted by Gasteiger charge is 2.32. The minimum absolute atomic E-state index is 0.0987. The fraction of sp³-hybridized carbons (Fsp3) is 0.538. The SMILES string of the molecule is Cc1nn(C)c(=O)c(C(=O)N2CCNC(=O)C2C)c1C. The molecule has 0 saturated carbocycles. The Kier molecular flexibility index (Phi) is 3.61. The topological polar surface area (TPSA) is 84.3 Å². The molecular weight excluding hydrogens is 260 g/mol. The lowest BCUT2D eigenvalue weighted by molar-refractivity contribution is -0.127. The largest absolute Gasteiger partial charge is 0.353 e. The van der Waals surface area contributed by atoms with Crippen LogP contribution in [0.5, 0.6) is 0 Å². The van der Waals surface area contributed by atoms with E-state index in [0.717, 1.165) is 4.68 Å². The van der Waals surface area contributed by atoms with Crippen LogP contribution in [0.2, 0.25) is 0 Å². The second-order valence-corrected chi connectivity index (χ2v) is 4.98. The first-order valence-corrected chi connectivity index (χ1v) is 6.47. The maximum Gasteiger partial charge on any atom is 0.279 e. The second kappa shape index (κ2) is 5.07. The van der Waals surface area contributed by atoms with Gasteiger partial charge in [0, 0.05) is 20.1 Å². The maximum atomic E-state index is 12.6. The van der Waals surface area contributed by atoms with E-state index in [1.54, 1.807) is 20.8 Å². The lowest BCUT2D eigenvalue weighted by Crippen LogP contribution is -2.56. The van der Waals surface area contributed by atoms with Gasteiger partial charge in [0.2, 0.25) is 5.91 Å². The van der Waals surface area contributed by atoms with Crippen molar-refractivity contribution in [3.05, 3.63) is 27.2 Å². The van der Waals surface area contributed by atoms with Crippen molar-refractivity contribution in [3.63, 3.8) is 0 Å². The maximum absolute atomic E-state index is 12.6. The predicted octanol–water partition coefficient (Wildman–Crippen LogP) is -0.642. The number of piperazine rings is 1. The first kappa shape index (κ1) is 14.2. The zero-order valence-corrected chi connectivity index (χ0v) is 12.1. The standard InChI is InChI=1S/C13H18N4O3/c1-7-8(2)15-16(4)12(19)10(7)13(20)17-6-5-14-11(18)9(17)3/h9H,5-6H2,1-4H3,(H,14,18). The number of aromatic nitrogens is 2. The van der Waals surface area contributed by atoms with Gasteiger partial charge in [-0.05, 0) is 26.3 Å². The number of carbonyl (C=O) groups is 2. The molecule has 1 N–H and O–H groups in total. The van der Waals surface area contributed by atoms with Crippen molar-refractivity contribution >= 4 is 11.8 Å². The summed E-state index contributed by atoms with van der Waals surface area (Å²) in [6.45, 7) is 5.90. The van der Waals surface area contributed by atoms with E-state index >= 15 is 0 Å². The van der Waals surface area contributed by atoms with E-state index in [-0.39, 0.29) is 11.5 Å². The van der Waals surface area contributed by atoms with Gasteiger partial charge in [-0.15, -0.1) is 0 Å². The Balaban J connectivity index is 2.49. The molecule has 1 aromatic heterocycles. The number of rotatable bonds is 1. The summed E-state index contributed by atoms with van der Waals surface area (Å²) in [5.74, 6) is -0.610. The number of carbonyl (C=O) groups excluding carboxylic acids is 2. The molecule has 0 radical (unpaired) electrons. The summed E-state index contributed by atoms with van der Waals surface area (Å²) in [4.78, 5) is 37.8. The van der Waals surface area contributed by atoms with Gasteiger partial charge in [-0.25, -0.2) is 4.68 Å². The zero-order valence-electron chi connectivity index (χ0n) is 12.1. The van der Waals surface area contributed by atoms with Gasteiger partial charge < -0.3 is 10.2 Å². The van der Waals surface area contributed by atoms with Gasteiger partial charge in [0.25, 0.3) is 11.5 Å². The highest BCUT2D eigenvalue weighted by molar-refractivity contribution is 5.99. The summed E-state index contributed by atoms with van der Waals surface area (Å²) >= 11 is 0. The van der Waals surface area contributed by atoms with Crippen molar-refractivity contribution in [1.29, 1.82) is 0 Å². The quantitative estimate of drug-likeness (QED) is 0.740. The lowest BCUT2D eigenvalue weighted by atomic mass is 10.1. The van der Waals surface area contributed by atoms with E-state index < -0.39 is 17.5 Å². The van der Waals surface area contributed by atoms with Crippen LogP contribution in [0.4, 0.5) is 0 Å². The Morgan fingerprint density at radius 1 is 1.35 bits per heavy atom. The summed E-state index contributed by atoms with van der Waals surface area (Å²) in [6, 6.07) is -0.575. The van der Waals surface area contributed by atoms with Crippen LogP contribution in [0.1, 0.15) is 28.5 Å². The fourth-order valence-electron chi connectivity index (χ4n) is 2.30. The average molecular weight is 278 g/mol. The number of nitrogens with zero attached hydrogens (tertiary/aromatic N) is 3. The molecule has 7 heteroatoms. The van der Waals surface area contributed by atoms with Gasteiger partial charge in [-0.3, -0.25) is 14.4 Å². The molecule has 0 aliphatic carbocycles.